The molecule has 1 saturated heterocycles. The molecule has 27 heavy (non-hydrogen) atoms. The van der Waals surface area contributed by atoms with Crippen molar-refractivity contribution in [3.8, 4) is 17.1 Å². The molecule has 0 bridgehead atoms. The lowest BCUT2D eigenvalue weighted by Gasteiger charge is -2.24. The van der Waals surface area contributed by atoms with Crippen molar-refractivity contribution in [3.63, 3.8) is 0 Å². The van der Waals surface area contributed by atoms with E-state index in [9.17, 15) is 0 Å². The van der Waals surface area contributed by atoms with E-state index in [1.165, 1.54) is 0 Å². The van der Waals surface area contributed by atoms with Crippen LogP contribution in [0.4, 0.5) is 5.82 Å². The lowest BCUT2D eigenvalue weighted by molar-refractivity contribution is 0.130. The minimum Gasteiger partial charge on any atom is -0.488 e. The summed E-state index contributed by atoms with van der Waals surface area (Å²) in [5, 5.41) is 16.0. The van der Waals surface area contributed by atoms with Crippen molar-refractivity contribution in [2.45, 2.75) is 31.9 Å². The fourth-order valence-electron chi connectivity index (χ4n) is 3.24. The molecular formula is C19H24N6O2. The highest BCUT2D eigenvalue weighted by Crippen LogP contribution is 2.23. The molecule has 1 aliphatic rings. The van der Waals surface area contributed by atoms with Crippen LogP contribution in [-0.4, -0.2) is 56.3 Å². The number of aliphatic hydroxyl groups is 1. The Bertz CT molecular complexity index is 906. The van der Waals surface area contributed by atoms with Crippen LogP contribution in [0.15, 0.2) is 36.9 Å². The normalized spacial score (nSPS) is 18.4. The number of pyridine rings is 1. The Morgan fingerprint density at radius 1 is 1.41 bits per heavy atom. The van der Waals surface area contributed by atoms with Crippen molar-refractivity contribution in [1.29, 1.82) is 0 Å². The van der Waals surface area contributed by atoms with Crippen molar-refractivity contribution in [1.82, 2.24) is 24.7 Å². The summed E-state index contributed by atoms with van der Waals surface area (Å²) in [7, 11) is 0. The summed E-state index contributed by atoms with van der Waals surface area (Å²) in [6, 6.07) is 4.07. The zero-order chi connectivity index (χ0) is 18.6. The number of piperidine rings is 1. The van der Waals surface area contributed by atoms with E-state index in [2.05, 4.69) is 20.6 Å². The summed E-state index contributed by atoms with van der Waals surface area (Å²) < 4.78 is 7.59. The first-order valence-electron chi connectivity index (χ1n) is 9.27. The molecule has 0 aromatic carbocycles. The van der Waals surface area contributed by atoms with Gasteiger partial charge in [0.25, 0.3) is 0 Å². The van der Waals surface area contributed by atoms with Gasteiger partial charge in [0, 0.05) is 24.8 Å². The van der Waals surface area contributed by atoms with Gasteiger partial charge in [-0.15, -0.1) is 0 Å². The van der Waals surface area contributed by atoms with Crippen LogP contribution in [0.2, 0.25) is 0 Å². The maximum atomic E-state index is 9.13. The molecule has 2 unspecified atom stereocenters. The van der Waals surface area contributed by atoms with Gasteiger partial charge in [0.1, 0.15) is 29.0 Å². The van der Waals surface area contributed by atoms with Gasteiger partial charge in [-0.3, -0.25) is 9.38 Å². The Labute approximate surface area is 157 Å². The minimum atomic E-state index is -0.259. The van der Waals surface area contributed by atoms with Gasteiger partial charge >= 0.3 is 0 Å². The molecule has 4 heterocycles. The third-order valence-corrected chi connectivity index (χ3v) is 4.62. The number of anilines is 1. The summed E-state index contributed by atoms with van der Waals surface area (Å²) in [4.78, 5) is 13.5. The van der Waals surface area contributed by atoms with Gasteiger partial charge in [0.05, 0.1) is 30.9 Å². The molecular weight excluding hydrogens is 344 g/mol. The van der Waals surface area contributed by atoms with E-state index in [0.717, 1.165) is 48.8 Å². The second-order valence-electron chi connectivity index (χ2n) is 6.82. The molecule has 0 radical (unpaired) electrons. The Balaban J connectivity index is 1.57. The number of fused-ring (bicyclic) bond motifs is 1. The quantitative estimate of drug-likeness (QED) is 0.609. The fourth-order valence-corrected chi connectivity index (χ4v) is 3.24. The molecule has 0 spiro atoms. The van der Waals surface area contributed by atoms with E-state index < -0.39 is 0 Å². The zero-order valence-corrected chi connectivity index (χ0v) is 15.3. The predicted octanol–water partition coefficient (Wildman–Crippen LogP) is 1.71. The Morgan fingerprint density at radius 2 is 2.33 bits per heavy atom. The molecule has 8 heteroatoms. The first-order valence-corrected chi connectivity index (χ1v) is 9.27. The Kier molecular flexibility index (Phi) is 5.17. The van der Waals surface area contributed by atoms with Crippen LogP contribution in [0.1, 0.15) is 19.8 Å². The van der Waals surface area contributed by atoms with Gasteiger partial charge in [-0.1, -0.05) is 0 Å². The van der Waals surface area contributed by atoms with Gasteiger partial charge in [-0.2, -0.15) is 0 Å². The third-order valence-electron chi connectivity index (χ3n) is 4.62. The molecule has 3 aromatic heterocycles. The summed E-state index contributed by atoms with van der Waals surface area (Å²) in [6.07, 6.45) is 9.20. The Morgan fingerprint density at radius 3 is 3.15 bits per heavy atom. The number of imidazole rings is 1. The smallest absolute Gasteiger partial charge is 0.145 e. The van der Waals surface area contributed by atoms with E-state index >= 15 is 0 Å². The van der Waals surface area contributed by atoms with Crippen LogP contribution in [0, 0.1) is 0 Å². The molecule has 142 valence electrons. The molecule has 0 aliphatic carbocycles. The molecule has 3 aromatic rings. The maximum Gasteiger partial charge on any atom is 0.145 e. The predicted molar refractivity (Wildman–Crippen MR) is 103 cm³/mol. The van der Waals surface area contributed by atoms with Crippen LogP contribution in [-0.2, 0) is 0 Å². The molecule has 3 N–H and O–H groups in total. The summed E-state index contributed by atoms with van der Waals surface area (Å²) in [5.74, 6) is 1.44. The van der Waals surface area contributed by atoms with Crippen LogP contribution < -0.4 is 15.4 Å². The van der Waals surface area contributed by atoms with E-state index in [1.807, 2.05) is 29.7 Å². The monoisotopic (exact) mass is 368 g/mol. The second-order valence-corrected chi connectivity index (χ2v) is 6.82. The lowest BCUT2D eigenvalue weighted by Crippen LogP contribution is -2.38. The van der Waals surface area contributed by atoms with E-state index in [1.54, 1.807) is 18.6 Å². The number of rotatable bonds is 6. The Hall–Kier alpha value is -2.71. The van der Waals surface area contributed by atoms with E-state index in [-0.39, 0.29) is 12.7 Å². The second kappa shape index (κ2) is 7.89. The molecule has 0 saturated carbocycles. The fraction of sp³-hybridized carbons (Fsp3) is 0.421. The van der Waals surface area contributed by atoms with Crippen LogP contribution >= 0.6 is 0 Å². The van der Waals surface area contributed by atoms with Gasteiger partial charge < -0.3 is 20.5 Å². The average Bonchev–Trinajstić information content (AvgIpc) is 3.12. The van der Waals surface area contributed by atoms with Gasteiger partial charge in [-0.25, -0.2) is 9.97 Å². The van der Waals surface area contributed by atoms with Crippen molar-refractivity contribution >= 4 is 11.5 Å². The molecule has 4 rings (SSSR count). The molecule has 2 atom stereocenters. The number of nitrogens with zero attached hydrogens (tertiary/aromatic N) is 4. The van der Waals surface area contributed by atoms with Crippen LogP contribution in [0.25, 0.3) is 17.0 Å². The number of ether oxygens (including phenoxy) is 1. The maximum absolute atomic E-state index is 9.13. The van der Waals surface area contributed by atoms with Gasteiger partial charge in [-0.05, 0) is 32.4 Å². The third kappa shape index (κ3) is 4.01. The highest BCUT2D eigenvalue weighted by atomic mass is 16.5. The van der Waals surface area contributed by atoms with E-state index in [4.69, 9.17) is 14.8 Å². The highest BCUT2D eigenvalue weighted by Gasteiger charge is 2.15. The highest BCUT2D eigenvalue weighted by molar-refractivity contribution is 5.61. The number of aromatic nitrogens is 4. The number of nitrogens with one attached hydrogen (secondary N) is 2. The zero-order valence-electron chi connectivity index (χ0n) is 15.3. The van der Waals surface area contributed by atoms with Crippen LogP contribution in [0.3, 0.4) is 0 Å². The molecule has 0 amide bonds. The van der Waals surface area contributed by atoms with Crippen molar-refractivity contribution in [3.05, 3.63) is 36.9 Å². The lowest BCUT2D eigenvalue weighted by atomic mass is 10.1. The molecule has 1 aliphatic heterocycles. The summed E-state index contributed by atoms with van der Waals surface area (Å²) >= 11 is 0. The largest absolute Gasteiger partial charge is 0.488 e. The number of hydrogen-bond acceptors (Lipinski definition) is 7. The summed E-state index contributed by atoms with van der Waals surface area (Å²) in [5.41, 5.74) is 2.38. The van der Waals surface area contributed by atoms with E-state index in [0.29, 0.717) is 11.8 Å². The first kappa shape index (κ1) is 17.7. The number of aliphatic hydroxyl groups excluding tert-OH is 1. The molecule has 8 nitrogen and oxygen atoms in total. The first-order chi connectivity index (χ1) is 13.2. The van der Waals surface area contributed by atoms with Gasteiger partial charge in [0.15, 0.2) is 0 Å². The van der Waals surface area contributed by atoms with Crippen molar-refractivity contribution < 1.29 is 9.84 Å². The summed E-state index contributed by atoms with van der Waals surface area (Å²) in [6.45, 7) is 3.80. The van der Waals surface area contributed by atoms with Crippen molar-refractivity contribution in [2.75, 3.05) is 25.0 Å². The average molecular weight is 368 g/mol. The van der Waals surface area contributed by atoms with Crippen molar-refractivity contribution in [2.24, 2.45) is 0 Å². The topological polar surface area (TPSA) is 96.6 Å². The number of hydrogen-bond donors (Lipinski definition) is 3. The standard InChI is InChI=1S/C19H24N6O2/c1-13(12-26)27-15-4-6-25-17(10-22-19(25)7-15)16-9-21-11-18(24-16)23-14-3-2-5-20-8-14/h4,6-7,9-11,13-14,20,26H,2-3,5,8,12H2,1H3,(H,23,24). The van der Waals surface area contributed by atoms with Crippen LogP contribution in [0.5, 0.6) is 5.75 Å². The minimum absolute atomic E-state index is 0.0310. The molecule has 1 fully saturated rings. The SMILES string of the molecule is CC(CO)Oc1ccn2c(-c3cncc(NC4CCCNC4)n3)cnc2c1. The van der Waals surface area contributed by atoms with Gasteiger partial charge in [0.2, 0.25) is 0 Å².